The van der Waals surface area contributed by atoms with Crippen molar-refractivity contribution in [1.82, 2.24) is 4.90 Å². The van der Waals surface area contributed by atoms with E-state index in [2.05, 4.69) is 35.1 Å². The van der Waals surface area contributed by atoms with Crippen molar-refractivity contribution in [2.45, 2.75) is 19.8 Å². The number of piperidine rings is 1. The van der Waals surface area contributed by atoms with Gasteiger partial charge in [0.2, 0.25) is 5.96 Å². The Bertz CT molecular complexity index is 212. The lowest BCUT2D eigenvalue weighted by atomic mass is 10.00. The summed E-state index contributed by atoms with van der Waals surface area (Å²) in [5.41, 5.74) is 0. The van der Waals surface area contributed by atoms with E-state index in [9.17, 15) is 0 Å². The largest absolute Gasteiger partial charge is 0.341 e. The van der Waals surface area contributed by atoms with Gasteiger partial charge in [0.05, 0.1) is 0 Å². The van der Waals surface area contributed by atoms with Crippen molar-refractivity contribution in [3.63, 3.8) is 0 Å². The van der Waals surface area contributed by atoms with Crippen LogP contribution in [0.3, 0.4) is 0 Å². The third kappa shape index (κ3) is 2.68. The average Bonchev–Trinajstić information content (AvgIpc) is 2.16. The molecule has 0 amide bonds. The standard InChI is InChI=1S/C10H17N3/c1-4-12-10(11-3)13-7-5-9(2)6-8-13/h4,9H,1,3,5-8H2,2H3. The zero-order valence-corrected chi connectivity index (χ0v) is 8.24. The van der Waals surface area contributed by atoms with E-state index < -0.39 is 0 Å². The van der Waals surface area contributed by atoms with Gasteiger partial charge in [-0.2, -0.15) is 0 Å². The first kappa shape index (κ1) is 9.96. The van der Waals surface area contributed by atoms with Crippen LogP contribution in [-0.4, -0.2) is 30.7 Å². The van der Waals surface area contributed by atoms with Gasteiger partial charge in [0, 0.05) is 19.3 Å². The summed E-state index contributed by atoms with van der Waals surface area (Å²) in [6, 6.07) is 0. The van der Waals surface area contributed by atoms with Gasteiger partial charge < -0.3 is 4.90 Å². The van der Waals surface area contributed by atoms with Crippen LogP contribution in [0.25, 0.3) is 0 Å². The van der Waals surface area contributed by atoms with Crippen LogP contribution in [0.4, 0.5) is 0 Å². The van der Waals surface area contributed by atoms with E-state index in [0.717, 1.165) is 19.0 Å². The summed E-state index contributed by atoms with van der Waals surface area (Å²) in [7, 11) is 0. The van der Waals surface area contributed by atoms with Crippen molar-refractivity contribution in [2.75, 3.05) is 13.1 Å². The Morgan fingerprint density at radius 3 is 2.54 bits per heavy atom. The Kier molecular flexibility index (Phi) is 3.68. The molecule has 3 nitrogen and oxygen atoms in total. The Morgan fingerprint density at radius 1 is 1.46 bits per heavy atom. The molecule has 1 heterocycles. The smallest absolute Gasteiger partial charge is 0.224 e. The summed E-state index contributed by atoms with van der Waals surface area (Å²) in [4.78, 5) is 10.1. The molecule has 0 spiro atoms. The van der Waals surface area contributed by atoms with Gasteiger partial charge in [-0.25, -0.2) is 9.98 Å². The number of rotatable bonds is 1. The van der Waals surface area contributed by atoms with Crippen LogP contribution in [0.1, 0.15) is 19.8 Å². The van der Waals surface area contributed by atoms with E-state index in [4.69, 9.17) is 0 Å². The summed E-state index contributed by atoms with van der Waals surface area (Å²) in [5, 5.41) is 0. The van der Waals surface area contributed by atoms with Crippen LogP contribution in [0.2, 0.25) is 0 Å². The molecule has 1 rings (SSSR count). The molecule has 0 aromatic carbocycles. The molecule has 0 aliphatic carbocycles. The molecule has 0 unspecified atom stereocenters. The van der Waals surface area contributed by atoms with Crippen molar-refractivity contribution in [3.8, 4) is 0 Å². The van der Waals surface area contributed by atoms with Gasteiger partial charge in [-0.1, -0.05) is 13.5 Å². The van der Waals surface area contributed by atoms with Crippen LogP contribution >= 0.6 is 0 Å². The number of nitrogens with zero attached hydrogens (tertiary/aromatic N) is 3. The van der Waals surface area contributed by atoms with E-state index in [0.29, 0.717) is 5.96 Å². The molecule has 1 fully saturated rings. The first-order chi connectivity index (χ1) is 6.27. The zero-order valence-electron chi connectivity index (χ0n) is 8.24. The van der Waals surface area contributed by atoms with Gasteiger partial charge in [-0.05, 0) is 25.5 Å². The number of guanidine groups is 1. The second-order valence-corrected chi connectivity index (χ2v) is 3.44. The van der Waals surface area contributed by atoms with Gasteiger partial charge >= 0.3 is 0 Å². The van der Waals surface area contributed by atoms with Crippen LogP contribution in [0.5, 0.6) is 0 Å². The number of hydrogen-bond acceptors (Lipinski definition) is 1. The summed E-state index contributed by atoms with van der Waals surface area (Å²) in [6.45, 7) is 11.4. The number of hydrogen-bond donors (Lipinski definition) is 0. The SMILES string of the molecule is C=CN=C(N=C)N1CCC(C)CC1. The fraction of sp³-hybridized carbons (Fsp3) is 0.600. The highest BCUT2D eigenvalue weighted by atomic mass is 15.3. The lowest BCUT2D eigenvalue weighted by Crippen LogP contribution is -2.36. The van der Waals surface area contributed by atoms with Gasteiger partial charge in [-0.15, -0.1) is 0 Å². The summed E-state index contributed by atoms with van der Waals surface area (Å²) < 4.78 is 0. The van der Waals surface area contributed by atoms with Crippen molar-refractivity contribution < 1.29 is 0 Å². The fourth-order valence-electron chi connectivity index (χ4n) is 1.51. The molecular formula is C10H17N3. The molecule has 13 heavy (non-hydrogen) atoms. The van der Waals surface area contributed by atoms with E-state index in [1.807, 2.05) is 0 Å². The minimum atomic E-state index is 0.710. The Morgan fingerprint density at radius 2 is 2.08 bits per heavy atom. The Balaban J connectivity index is 2.56. The summed E-state index contributed by atoms with van der Waals surface area (Å²) >= 11 is 0. The lowest BCUT2D eigenvalue weighted by molar-refractivity contribution is 0.278. The highest BCUT2D eigenvalue weighted by Gasteiger charge is 2.17. The molecule has 1 aliphatic heterocycles. The van der Waals surface area contributed by atoms with Crippen molar-refractivity contribution in [3.05, 3.63) is 12.8 Å². The maximum atomic E-state index is 4.07. The predicted octanol–water partition coefficient (Wildman–Crippen LogP) is 1.92. The van der Waals surface area contributed by atoms with Crippen molar-refractivity contribution >= 4 is 12.7 Å². The van der Waals surface area contributed by atoms with Crippen LogP contribution in [0.15, 0.2) is 22.8 Å². The second-order valence-electron chi connectivity index (χ2n) is 3.44. The predicted molar refractivity (Wildman–Crippen MR) is 57.2 cm³/mol. The minimum absolute atomic E-state index is 0.710. The monoisotopic (exact) mass is 179 g/mol. The van der Waals surface area contributed by atoms with E-state index in [-0.39, 0.29) is 0 Å². The molecule has 0 N–H and O–H groups in total. The molecule has 1 saturated heterocycles. The number of aliphatic imine (C=N–C) groups is 2. The third-order valence-corrected chi connectivity index (χ3v) is 2.41. The van der Waals surface area contributed by atoms with Gasteiger partial charge in [0.15, 0.2) is 0 Å². The first-order valence-corrected chi connectivity index (χ1v) is 4.68. The highest BCUT2D eigenvalue weighted by Crippen LogP contribution is 2.16. The van der Waals surface area contributed by atoms with Crippen molar-refractivity contribution in [2.24, 2.45) is 15.9 Å². The van der Waals surface area contributed by atoms with E-state index in [1.165, 1.54) is 19.0 Å². The van der Waals surface area contributed by atoms with E-state index in [1.54, 1.807) is 0 Å². The third-order valence-electron chi connectivity index (χ3n) is 2.41. The molecule has 72 valence electrons. The lowest BCUT2D eigenvalue weighted by Gasteiger charge is -2.30. The molecule has 3 heteroatoms. The molecule has 0 atom stereocenters. The second kappa shape index (κ2) is 4.80. The van der Waals surface area contributed by atoms with Crippen LogP contribution in [0, 0.1) is 5.92 Å². The Hall–Kier alpha value is -1.12. The fourth-order valence-corrected chi connectivity index (χ4v) is 1.51. The van der Waals surface area contributed by atoms with Gasteiger partial charge in [0.1, 0.15) is 0 Å². The van der Waals surface area contributed by atoms with E-state index >= 15 is 0 Å². The summed E-state index contributed by atoms with van der Waals surface area (Å²) in [6.07, 6.45) is 3.94. The highest BCUT2D eigenvalue weighted by molar-refractivity contribution is 5.84. The van der Waals surface area contributed by atoms with Crippen LogP contribution < -0.4 is 0 Å². The zero-order chi connectivity index (χ0) is 9.68. The molecule has 0 aromatic rings. The topological polar surface area (TPSA) is 28.0 Å². The van der Waals surface area contributed by atoms with Crippen molar-refractivity contribution in [1.29, 1.82) is 0 Å². The Labute approximate surface area is 79.9 Å². The molecular weight excluding hydrogens is 162 g/mol. The van der Waals surface area contributed by atoms with Gasteiger partial charge in [0.25, 0.3) is 0 Å². The summed E-state index contributed by atoms with van der Waals surface area (Å²) in [5.74, 6) is 1.54. The quantitative estimate of drug-likeness (QED) is 0.446. The molecule has 1 aliphatic rings. The van der Waals surface area contributed by atoms with Gasteiger partial charge in [-0.3, -0.25) is 0 Å². The normalized spacial score (nSPS) is 20.1. The molecule has 0 bridgehead atoms. The van der Waals surface area contributed by atoms with Crippen LogP contribution in [-0.2, 0) is 0 Å². The molecule has 0 radical (unpaired) electrons. The molecule has 0 saturated carbocycles. The average molecular weight is 179 g/mol. The maximum Gasteiger partial charge on any atom is 0.224 e. The number of likely N-dealkylation sites (tertiary alicyclic amines) is 1. The minimum Gasteiger partial charge on any atom is -0.341 e. The maximum absolute atomic E-state index is 4.07. The first-order valence-electron chi connectivity index (χ1n) is 4.68. The molecule has 0 aromatic heterocycles.